The molecule has 9 heteroatoms. The van der Waals surface area contributed by atoms with Crippen molar-refractivity contribution in [2.45, 2.75) is 12.1 Å². The van der Waals surface area contributed by atoms with Crippen molar-refractivity contribution in [2.24, 2.45) is 0 Å². The molecule has 0 atom stereocenters. The molecule has 0 unspecified atom stereocenters. The maximum atomic E-state index is 12.6. The molecule has 0 spiro atoms. The third-order valence-electron chi connectivity index (χ3n) is 4.69. The lowest BCUT2D eigenvalue weighted by atomic mass is 10.2. The van der Waals surface area contributed by atoms with E-state index >= 15 is 0 Å². The molecule has 4 aromatic rings. The molecule has 1 amide bonds. The van der Waals surface area contributed by atoms with Crippen LogP contribution in [0.1, 0.15) is 5.56 Å². The number of amides is 1. The van der Waals surface area contributed by atoms with Crippen molar-refractivity contribution >= 4 is 35.0 Å². The highest BCUT2D eigenvalue weighted by Crippen LogP contribution is 2.29. The average Bonchev–Trinajstić information content (AvgIpc) is 3.25. The summed E-state index contributed by atoms with van der Waals surface area (Å²) in [6, 6.07) is 16.7. The summed E-state index contributed by atoms with van der Waals surface area (Å²) >= 11 is 7.35. The molecule has 4 rings (SSSR count). The molecule has 2 aromatic heterocycles. The molecule has 7 nitrogen and oxygen atoms in total. The summed E-state index contributed by atoms with van der Waals surface area (Å²) in [6.07, 6.45) is 3.43. The van der Waals surface area contributed by atoms with Gasteiger partial charge in [0.2, 0.25) is 5.91 Å². The summed E-state index contributed by atoms with van der Waals surface area (Å²) in [5, 5.41) is 12.8. The van der Waals surface area contributed by atoms with Crippen molar-refractivity contribution in [3.8, 4) is 22.8 Å². The van der Waals surface area contributed by atoms with Crippen LogP contribution in [0.15, 0.2) is 72.1 Å². The van der Waals surface area contributed by atoms with E-state index in [2.05, 4.69) is 20.5 Å². The van der Waals surface area contributed by atoms with Crippen LogP contribution in [0.2, 0.25) is 5.02 Å². The summed E-state index contributed by atoms with van der Waals surface area (Å²) in [6.45, 7) is 1.92. The molecule has 1 N–H and O–H groups in total. The molecule has 0 aliphatic carbocycles. The fourth-order valence-corrected chi connectivity index (χ4v) is 3.98. The van der Waals surface area contributed by atoms with Gasteiger partial charge in [0.05, 0.1) is 12.9 Å². The number of carbonyl (C=O) groups is 1. The van der Waals surface area contributed by atoms with Gasteiger partial charge in [-0.2, -0.15) is 0 Å². The zero-order chi connectivity index (χ0) is 22.5. The largest absolute Gasteiger partial charge is 0.497 e. The van der Waals surface area contributed by atoms with Gasteiger partial charge in [0.1, 0.15) is 5.75 Å². The van der Waals surface area contributed by atoms with Gasteiger partial charge in [-0.3, -0.25) is 14.3 Å². The first kappa shape index (κ1) is 21.9. The Kier molecular flexibility index (Phi) is 6.72. The number of hydrogen-bond donors (Lipinski definition) is 1. The van der Waals surface area contributed by atoms with Crippen molar-refractivity contribution in [2.75, 3.05) is 18.2 Å². The number of nitrogens with one attached hydrogen (secondary N) is 1. The second-order valence-electron chi connectivity index (χ2n) is 6.88. The van der Waals surface area contributed by atoms with Gasteiger partial charge in [-0.25, -0.2) is 0 Å². The number of ether oxygens (including phenoxy) is 1. The third kappa shape index (κ3) is 4.92. The van der Waals surface area contributed by atoms with Gasteiger partial charge in [0, 0.05) is 34.4 Å². The maximum Gasteiger partial charge on any atom is 0.234 e. The molecular formula is C23H20ClN5O2S. The Morgan fingerprint density at radius 3 is 2.69 bits per heavy atom. The molecule has 32 heavy (non-hydrogen) atoms. The maximum absolute atomic E-state index is 12.6. The van der Waals surface area contributed by atoms with Crippen molar-refractivity contribution in [3.05, 3.63) is 77.6 Å². The van der Waals surface area contributed by atoms with Crippen LogP contribution in [0.3, 0.4) is 0 Å². The number of benzene rings is 2. The molecular weight excluding hydrogens is 446 g/mol. The first-order valence-electron chi connectivity index (χ1n) is 9.74. The highest BCUT2D eigenvalue weighted by molar-refractivity contribution is 7.99. The number of hydrogen-bond acceptors (Lipinski definition) is 6. The fraction of sp³-hybridized carbons (Fsp3) is 0.130. The van der Waals surface area contributed by atoms with Crippen molar-refractivity contribution in [3.63, 3.8) is 0 Å². The molecule has 162 valence electrons. The zero-order valence-electron chi connectivity index (χ0n) is 17.4. The minimum Gasteiger partial charge on any atom is -0.497 e. The molecule has 2 aromatic carbocycles. The van der Waals surface area contributed by atoms with Crippen molar-refractivity contribution in [1.29, 1.82) is 0 Å². The van der Waals surface area contributed by atoms with Gasteiger partial charge in [0.25, 0.3) is 0 Å². The van der Waals surface area contributed by atoms with Crippen LogP contribution in [0.5, 0.6) is 5.75 Å². The van der Waals surface area contributed by atoms with E-state index in [0.717, 1.165) is 22.6 Å². The smallest absolute Gasteiger partial charge is 0.234 e. The normalized spacial score (nSPS) is 10.7. The summed E-state index contributed by atoms with van der Waals surface area (Å²) in [5.41, 5.74) is 3.30. The minimum atomic E-state index is -0.160. The predicted molar refractivity (Wildman–Crippen MR) is 127 cm³/mol. The molecule has 0 saturated carbocycles. The lowest BCUT2D eigenvalue weighted by molar-refractivity contribution is -0.113. The first-order valence-corrected chi connectivity index (χ1v) is 11.1. The van der Waals surface area contributed by atoms with E-state index in [9.17, 15) is 4.79 Å². The summed E-state index contributed by atoms with van der Waals surface area (Å²) in [4.78, 5) is 16.8. The lowest BCUT2D eigenvalue weighted by Gasteiger charge is -2.11. The second kappa shape index (κ2) is 9.84. The number of carbonyl (C=O) groups excluding carboxylic acids is 1. The number of pyridine rings is 1. The van der Waals surface area contributed by atoms with Crippen LogP contribution >= 0.6 is 23.4 Å². The van der Waals surface area contributed by atoms with Crippen molar-refractivity contribution < 1.29 is 9.53 Å². The monoisotopic (exact) mass is 465 g/mol. The average molecular weight is 466 g/mol. The Balaban J connectivity index is 1.60. The number of nitrogens with zero attached hydrogens (tertiary/aromatic N) is 4. The highest BCUT2D eigenvalue weighted by Gasteiger charge is 2.18. The third-order valence-corrected chi connectivity index (χ3v) is 5.85. The number of anilines is 1. The van der Waals surface area contributed by atoms with E-state index in [1.54, 1.807) is 31.6 Å². The van der Waals surface area contributed by atoms with E-state index in [0.29, 0.717) is 21.7 Å². The standard InChI is InChI=1S/C23H20ClN5O2S/c1-15-5-6-17(24)12-20(15)26-21(30)14-32-23-28-27-22(16-4-3-11-25-13-16)29(23)18-7-9-19(31-2)10-8-18/h3-13H,14H2,1-2H3,(H,26,30). The highest BCUT2D eigenvalue weighted by atomic mass is 35.5. The van der Waals surface area contributed by atoms with Crippen molar-refractivity contribution in [1.82, 2.24) is 19.7 Å². The fourth-order valence-electron chi connectivity index (χ4n) is 3.05. The van der Waals surface area contributed by atoms with Crippen LogP contribution in [0.25, 0.3) is 17.1 Å². The van der Waals surface area contributed by atoms with Crippen LogP contribution in [-0.4, -0.2) is 38.5 Å². The van der Waals surface area contributed by atoms with E-state index in [1.807, 2.05) is 54.0 Å². The molecule has 0 aliphatic heterocycles. The van der Waals surface area contributed by atoms with Gasteiger partial charge in [-0.15, -0.1) is 10.2 Å². The Morgan fingerprint density at radius 1 is 1.16 bits per heavy atom. The number of rotatable bonds is 7. The molecule has 0 fully saturated rings. The van der Waals surface area contributed by atoms with E-state index in [-0.39, 0.29) is 11.7 Å². The molecule has 2 heterocycles. The number of methoxy groups -OCH3 is 1. The molecule has 0 bridgehead atoms. The Labute approximate surface area is 194 Å². The van der Waals surface area contributed by atoms with Gasteiger partial charge < -0.3 is 10.1 Å². The van der Waals surface area contributed by atoms with E-state index in [1.165, 1.54) is 11.8 Å². The number of aryl methyl sites for hydroxylation is 1. The van der Waals surface area contributed by atoms with Crippen LogP contribution < -0.4 is 10.1 Å². The van der Waals surface area contributed by atoms with Crippen LogP contribution in [0, 0.1) is 6.92 Å². The SMILES string of the molecule is COc1ccc(-n2c(SCC(=O)Nc3cc(Cl)ccc3C)nnc2-c2cccnc2)cc1. The number of thioether (sulfide) groups is 1. The van der Waals surface area contributed by atoms with Gasteiger partial charge in [-0.1, -0.05) is 29.4 Å². The molecule has 0 radical (unpaired) electrons. The first-order chi connectivity index (χ1) is 15.5. The van der Waals surface area contributed by atoms with E-state index in [4.69, 9.17) is 16.3 Å². The van der Waals surface area contributed by atoms with Gasteiger partial charge in [-0.05, 0) is 61.0 Å². The molecule has 0 saturated heterocycles. The lowest BCUT2D eigenvalue weighted by Crippen LogP contribution is -2.15. The zero-order valence-corrected chi connectivity index (χ0v) is 19.0. The summed E-state index contributed by atoms with van der Waals surface area (Å²) in [7, 11) is 1.62. The van der Waals surface area contributed by atoms with Gasteiger partial charge >= 0.3 is 0 Å². The minimum absolute atomic E-state index is 0.160. The second-order valence-corrected chi connectivity index (χ2v) is 8.26. The van der Waals surface area contributed by atoms with Crippen LogP contribution in [-0.2, 0) is 4.79 Å². The summed E-state index contributed by atoms with van der Waals surface area (Å²) < 4.78 is 7.17. The Morgan fingerprint density at radius 2 is 1.97 bits per heavy atom. The molecule has 0 aliphatic rings. The topological polar surface area (TPSA) is 81.9 Å². The van der Waals surface area contributed by atoms with Gasteiger partial charge in [0.15, 0.2) is 11.0 Å². The Bertz CT molecular complexity index is 1230. The van der Waals surface area contributed by atoms with Crippen LogP contribution in [0.4, 0.5) is 5.69 Å². The quantitative estimate of drug-likeness (QED) is 0.385. The van der Waals surface area contributed by atoms with E-state index < -0.39 is 0 Å². The Hall–Kier alpha value is -3.36. The number of halogens is 1. The number of aromatic nitrogens is 4. The summed E-state index contributed by atoms with van der Waals surface area (Å²) in [5.74, 6) is 1.38. The predicted octanol–water partition coefficient (Wildman–Crippen LogP) is 5.03.